The molecule has 3 nitrogen and oxygen atoms in total. The number of aromatic nitrogens is 3. The molecule has 0 bridgehead atoms. The lowest BCUT2D eigenvalue weighted by atomic mass is 9.92. The molecule has 12 aromatic rings. The van der Waals surface area contributed by atoms with Crippen molar-refractivity contribution < 1.29 is 0 Å². The molecule has 2 aromatic heterocycles. The predicted octanol–water partition coefficient (Wildman–Crippen LogP) is 13.3. The van der Waals surface area contributed by atoms with E-state index in [1.165, 1.54) is 70.0 Å². The van der Waals surface area contributed by atoms with Crippen LogP contribution in [0.1, 0.15) is 0 Å². The molecule has 0 fully saturated rings. The van der Waals surface area contributed by atoms with Crippen molar-refractivity contribution in [2.45, 2.75) is 0 Å². The minimum Gasteiger partial charge on any atom is -0.278 e. The van der Waals surface area contributed by atoms with Crippen LogP contribution in [0, 0.1) is 0 Å². The smallest absolute Gasteiger partial charge is 0.235 e. The molecule has 0 saturated heterocycles. The zero-order valence-corrected chi connectivity index (χ0v) is 28.6. The maximum absolute atomic E-state index is 5.58. The average molecular weight is 672 g/mol. The highest BCUT2D eigenvalue weighted by atomic mass is 15.2. The molecule has 0 N–H and O–H groups in total. The van der Waals surface area contributed by atoms with E-state index in [4.69, 9.17) is 9.97 Å². The molecule has 244 valence electrons. The van der Waals surface area contributed by atoms with Gasteiger partial charge in [-0.15, -0.1) is 0 Å². The summed E-state index contributed by atoms with van der Waals surface area (Å²) in [6.45, 7) is 0. The molecule has 2 heterocycles. The van der Waals surface area contributed by atoms with Crippen LogP contribution in [-0.4, -0.2) is 14.5 Å². The van der Waals surface area contributed by atoms with Gasteiger partial charge in [0.15, 0.2) is 0 Å². The van der Waals surface area contributed by atoms with Gasteiger partial charge >= 0.3 is 0 Å². The number of para-hydroxylation sites is 1. The van der Waals surface area contributed by atoms with Crippen molar-refractivity contribution in [1.29, 1.82) is 0 Å². The minimum absolute atomic E-state index is 0.664. The number of hydrogen-bond donors (Lipinski definition) is 0. The van der Waals surface area contributed by atoms with E-state index in [0.717, 1.165) is 38.6 Å². The van der Waals surface area contributed by atoms with E-state index < -0.39 is 0 Å². The fourth-order valence-corrected chi connectivity index (χ4v) is 9.03. The maximum Gasteiger partial charge on any atom is 0.235 e. The van der Waals surface area contributed by atoms with E-state index in [-0.39, 0.29) is 0 Å². The summed E-state index contributed by atoms with van der Waals surface area (Å²) in [5, 5.41) is 18.3. The lowest BCUT2D eigenvalue weighted by molar-refractivity contribution is 1.01. The first-order chi connectivity index (χ1) is 26.3. The van der Waals surface area contributed by atoms with Gasteiger partial charge in [-0.25, -0.2) is 9.97 Å². The Kier molecular flexibility index (Phi) is 5.77. The third kappa shape index (κ3) is 3.99. The standard InChI is InChI=1S/C50H29N3/c1-3-13-34-30(11-1)21-22-32-29-33(23-25-35(32)34)49-47-36-14-4-2-12-31(36)24-27-43(47)51-50(52-49)53-44-20-10-9-19-42(44)48-45(53)28-26-41-39-17-6-5-15-37(39)38-16-7-8-18-40(38)46(41)48/h1-29H. The summed E-state index contributed by atoms with van der Waals surface area (Å²) < 4.78 is 2.28. The van der Waals surface area contributed by atoms with E-state index in [1.54, 1.807) is 0 Å². The Morgan fingerprint density at radius 1 is 0.321 bits per heavy atom. The summed E-state index contributed by atoms with van der Waals surface area (Å²) in [7, 11) is 0. The molecule has 0 atom stereocenters. The topological polar surface area (TPSA) is 30.7 Å². The molecule has 0 aliphatic heterocycles. The van der Waals surface area contributed by atoms with Gasteiger partial charge in [0.2, 0.25) is 5.95 Å². The van der Waals surface area contributed by atoms with Gasteiger partial charge in [0, 0.05) is 27.1 Å². The summed E-state index contributed by atoms with van der Waals surface area (Å²) >= 11 is 0. The molecule has 0 aliphatic carbocycles. The Morgan fingerprint density at radius 2 is 0.868 bits per heavy atom. The number of benzene rings is 10. The van der Waals surface area contributed by atoms with E-state index >= 15 is 0 Å². The van der Waals surface area contributed by atoms with Crippen molar-refractivity contribution in [3.05, 3.63) is 176 Å². The van der Waals surface area contributed by atoms with E-state index in [9.17, 15) is 0 Å². The van der Waals surface area contributed by atoms with Crippen LogP contribution in [0.3, 0.4) is 0 Å². The highest BCUT2D eigenvalue weighted by molar-refractivity contribution is 6.35. The first kappa shape index (κ1) is 28.6. The first-order valence-electron chi connectivity index (χ1n) is 18.2. The second kappa shape index (κ2) is 10.7. The monoisotopic (exact) mass is 671 g/mol. The summed E-state index contributed by atoms with van der Waals surface area (Å²) in [6.07, 6.45) is 0. The van der Waals surface area contributed by atoms with E-state index in [1.807, 2.05) is 0 Å². The number of nitrogens with zero attached hydrogens (tertiary/aromatic N) is 3. The fraction of sp³-hybridized carbons (Fsp3) is 0. The molecule has 53 heavy (non-hydrogen) atoms. The molecule has 0 aliphatic rings. The molecule has 12 rings (SSSR count). The summed E-state index contributed by atoms with van der Waals surface area (Å²) in [6, 6.07) is 63.7. The number of rotatable bonds is 2. The average Bonchev–Trinajstić information content (AvgIpc) is 3.57. The van der Waals surface area contributed by atoms with Crippen LogP contribution in [-0.2, 0) is 0 Å². The first-order valence-corrected chi connectivity index (χ1v) is 18.2. The molecule has 0 saturated carbocycles. The van der Waals surface area contributed by atoms with Gasteiger partial charge in [-0.2, -0.15) is 0 Å². The Bertz CT molecular complexity index is 3480. The van der Waals surface area contributed by atoms with Gasteiger partial charge in [0.05, 0.1) is 22.2 Å². The number of hydrogen-bond acceptors (Lipinski definition) is 2. The second-order valence-corrected chi connectivity index (χ2v) is 14.1. The van der Waals surface area contributed by atoms with E-state index in [2.05, 4.69) is 180 Å². The minimum atomic E-state index is 0.664. The van der Waals surface area contributed by atoms with Gasteiger partial charge in [0.25, 0.3) is 0 Å². The highest BCUT2D eigenvalue weighted by Gasteiger charge is 2.21. The third-order valence-corrected chi connectivity index (χ3v) is 11.3. The summed E-state index contributed by atoms with van der Waals surface area (Å²) in [5.74, 6) is 0.664. The Morgan fingerprint density at radius 3 is 1.66 bits per heavy atom. The Labute approximate surface area is 304 Å². The molecule has 0 amide bonds. The molecule has 0 spiro atoms. The second-order valence-electron chi connectivity index (χ2n) is 14.1. The van der Waals surface area contributed by atoms with Crippen LogP contribution < -0.4 is 0 Å². The van der Waals surface area contributed by atoms with Crippen LogP contribution in [0.5, 0.6) is 0 Å². The van der Waals surface area contributed by atoms with Crippen LogP contribution in [0.4, 0.5) is 0 Å². The molecule has 0 unspecified atom stereocenters. The van der Waals surface area contributed by atoms with Crippen molar-refractivity contribution in [2.24, 2.45) is 0 Å². The van der Waals surface area contributed by atoms with Gasteiger partial charge < -0.3 is 0 Å². The van der Waals surface area contributed by atoms with E-state index in [0.29, 0.717) is 5.95 Å². The quantitative estimate of drug-likeness (QED) is 0.171. The summed E-state index contributed by atoms with van der Waals surface area (Å²) in [4.78, 5) is 11.0. The lowest BCUT2D eigenvalue weighted by Gasteiger charge is -2.15. The Hall–Kier alpha value is -7.10. The maximum atomic E-state index is 5.58. The van der Waals surface area contributed by atoms with Gasteiger partial charge in [-0.3, -0.25) is 4.57 Å². The number of fused-ring (bicyclic) bond motifs is 16. The summed E-state index contributed by atoms with van der Waals surface area (Å²) in [5.41, 5.74) is 5.10. The van der Waals surface area contributed by atoms with Crippen molar-refractivity contribution in [1.82, 2.24) is 14.5 Å². The van der Waals surface area contributed by atoms with Crippen LogP contribution >= 0.6 is 0 Å². The zero-order chi connectivity index (χ0) is 34.6. The molecule has 3 heteroatoms. The fourth-order valence-electron chi connectivity index (χ4n) is 9.03. The predicted molar refractivity (Wildman–Crippen MR) is 224 cm³/mol. The van der Waals surface area contributed by atoms with Crippen molar-refractivity contribution in [2.75, 3.05) is 0 Å². The van der Waals surface area contributed by atoms with Crippen molar-refractivity contribution in [3.63, 3.8) is 0 Å². The van der Waals surface area contributed by atoms with Crippen molar-refractivity contribution >= 4 is 97.3 Å². The van der Waals surface area contributed by atoms with Gasteiger partial charge in [-0.05, 0) is 83.5 Å². The van der Waals surface area contributed by atoms with Crippen LogP contribution in [0.15, 0.2) is 176 Å². The molecular formula is C50H29N3. The Balaban J connectivity index is 1.22. The van der Waals surface area contributed by atoms with Gasteiger partial charge in [0.1, 0.15) is 0 Å². The normalized spacial score (nSPS) is 12.2. The van der Waals surface area contributed by atoms with Crippen LogP contribution in [0.25, 0.3) is 115 Å². The zero-order valence-electron chi connectivity index (χ0n) is 28.6. The largest absolute Gasteiger partial charge is 0.278 e. The SMILES string of the molecule is c1ccc2c(c1)ccc1cc(-c3nc(-n4c5ccccc5c5c6c7ccccc7c7ccccc7c6ccc54)nc4ccc5ccccc5c34)ccc12. The van der Waals surface area contributed by atoms with Crippen molar-refractivity contribution in [3.8, 4) is 17.2 Å². The third-order valence-electron chi connectivity index (χ3n) is 11.3. The molecule has 0 radical (unpaired) electrons. The molecular weight excluding hydrogens is 643 g/mol. The molecule has 10 aromatic carbocycles. The van der Waals surface area contributed by atoms with Crippen LogP contribution in [0.2, 0.25) is 0 Å². The lowest BCUT2D eigenvalue weighted by Crippen LogP contribution is -2.04. The highest BCUT2D eigenvalue weighted by Crippen LogP contribution is 2.44. The van der Waals surface area contributed by atoms with Gasteiger partial charge in [-0.1, -0.05) is 152 Å².